The van der Waals surface area contributed by atoms with Crippen LogP contribution in [0.15, 0.2) is 78.9 Å². The van der Waals surface area contributed by atoms with Gasteiger partial charge in [-0.1, -0.05) is 48.5 Å². The number of fused-ring (bicyclic) bond motifs is 1. The molecule has 5 heteroatoms. The van der Waals surface area contributed by atoms with E-state index >= 15 is 0 Å². The van der Waals surface area contributed by atoms with Crippen molar-refractivity contribution in [1.82, 2.24) is 9.78 Å². The van der Waals surface area contributed by atoms with Gasteiger partial charge in [-0.3, -0.25) is 0 Å². The molecule has 29 heavy (non-hydrogen) atoms. The van der Waals surface area contributed by atoms with Crippen molar-refractivity contribution in [3.05, 3.63) is 78.9 Å². The molecule has 0 unspecified atom stereocenters. The molecule has 0 fully saturated rings. The first-order valence-corrected chi connectivity index (χ1v) is 9.54. The molecule has 146 valence electrons. The molecule has 0 radical (unpaired) electrons. The van der Waals surface area contributed by atoms with E-state index in [1.54, 1.807) is 0 Å². The summed E-state index contributed by atoms with van der Waals surface area (Å²) in [4.78, 5) is 12.8. The first-order valence-electron chi connectivity index (χ1n) is 9.54. The maximum Gasteiger partial charge on any atom is 0.435 e. The summed E-state index contributed by atoms with van der Waals surface area (Å²) in [6, 6.07) is 25.6. The molecule has 0 amide bonds. The summed E-state index contributed by atoms with van der Waals surface area (Å²) < 4.78 is 6.93. The second-order valence-corrected chi connectivity index (χ2v) is 7.83. The molecule has 5 nitrogen and oxygen atoms in total. The molecule has 0 saturated carbocycles. The number of nitrogens with one attached hydrogen (secondary N) is 1. The number of anilines is 2. The van der Waals surface area contributed by atoms with Gasteiger partial charge in [0.2, 0.25) is 0 Å². The lowest BCUT2D eigenvalue weighted by molar-refractivity contribution is 0.0523. The highest BCUT2D eigenvalue weighted by Gasteiger charge is 2.23. The SMILES string of the molecule is CC(C)(C)OC(=O)n1nc(-c2ccccc2)c2ccc(Nc3ccccc3)cc21. The molecule has 0 aliphatic carbocycles. The number of rotatable bonds is 3. The third-order valence-electron chi connectivity index (χ3n) is 4.36. The third kappa shape index (κ3) is 4.14. The average Bonchev–Trinajstić information content (AvgIpc) is 3.07. The number of carbonyl (C=O) groups is 1. The van der Waals surface area contributed by atoms with Crippen molar-refractivity contribution in [2.75, 3.05) is 5.32 Å². The number of nitrogens with zero attached hydrogens (tertiary/aromatic N) is 2. The number of para-hydroxylation sites is 1. The molecule has 0 saturated heterocycles. The van der Waals surface area contributed by atoms with E-state index in [1.807, 2.05) is 99.6 Å². The summed E-state index contributed by atoms with van der Waals surface area (Å²) in [5, 5.41) is 8.86. The number of hydrogen-bond donors (Lipinski definition) is 1. The van der Waals surface area contributed by atoms with Crippen LogP contribution in [0, 0.1) is 0 Å². The van der Waals surface area contributed by atoms with Gasteiger partial charge in [0.1, 0.15) is 11.3 Å². The van der Waals surface area contributed by atoms with Crippen LogP contribution in [0.1, 0.15) is 20.8 Å². The fourth-order valence-corrected chi connectivity index (χ4v) is 3.13. The summed E-state index contributed by atoms with van der Waals surface area (Å²) >= 11 is 0. The summed E-state index contributed by atoms with van der Waals surface area (Å²) in [7, 11) is 0. The summed E-state index contributed by atoms with van der Waals surface area (Å²) in [5.41, 5.74) is 3.62. The number of benzene rings is 3. The van der Waals surface area contributed by atoms with Gasteiger partial charge in [-0.2, -0.15) is 9.78 Å². The van der Waals surface area contributed by atoms with Gasteiger partial charge in [0.05, 0.1) is 5.52 Å². The second-order valence-electron chi connectivity index (χ2n) is 7.83. The van der Waals surface area contributed by atoms with Crippen molar-refractivity contribution in [2.24, 2.45) is 0 Å². The van der Waals surface area contributed by atoms with E-state index in [4.69, 9.17) is 4.74 Å². The number of ether oxygens (including phenoxy) is 1. The molecule has 0 aliphatic rings. The number of aromatic nitrogens is 2. The zero-order valence-electron chi connectivity index (χ0n) is 16.7. The van der Waals surface area contributed by atoms with E-state index in [0.717, 1.165) is 28.0 Å². The summed E-state index contributed by atoms with van der Waals surface area (Å²) in [6.07, 6.45) is -0.499. The minimum absolute atomic E-state index is 0.499. The van der Waals surface area contributed by atoms with Crippen LogP contribution in [0.25, 0.3) is 22.2 Å². The number of carbonyl (C=O) groups excluding carboxylic acids is 1. The van der Waals surface area contributed by atoms with Crippen LogP contribution in [0.3, 0.4) is 0 Å². The lowest BCUT2D eigenvalue weighted by Gasteiger charge is -2.19. The van der Waals surface area contributed by atoms with Gasteiger partial charge in [-0.15, -0.1) is 0 Å². The third-order valence-corrected chi connectivity index (χ3v) is 4.36. The Kier molecular flexibility index (Phi) is 4.80. The van der Waals surface area contributed by atoms with E-state index in [0.29, 0.717) is 5.52 Å². The first kappa shape index (κ1) is 18.7. The van der Waals surface area contributed by atoms with Crippen molar-refractivity contribution in [1.29, 1.82) is 0 Å². The van der Waals surface area contributed by atoms with Gasteiger partial charge in [-0.25, -0.2) is 4.79 Å². The van der Waals surface area contributed by atoms with Crippen LogP contribution < -0.4 is 5.32 Å². The van der Waals surface area contributed by atoms with Crippen LogP contribution in [-0.4, -0.2) is 21.5 Å². The zero-order valence-corrected chi connectivity index (χ0v) is 16.7. The monoisotopic (exact) mass is 385 g/mol. The fraction of sp³-hybridized carbons (Fsp3) is 0.167. The second kappa shape index (κ2) is 7.43. The smallest absolute Gasteiger partial charge is 0.435 e. The normalized spacial score (nSPS) is 11.4. The lowest BCUT2D eigenvalue weighted by atomic mass is 10.1. The van der Waals surface area contributed by atoms with Crippen LogP contribution in [0.2, 0.25) is 0 Å². The Balaban J connectivity index is 1.82. The van der Waals surface area contributed by atoms with E-state index < -0.39 is 11.7 Å². The van der Waals surface area contributed by atoms with Crippen molar-refractivity contribution in [2.45, 2.75) is 26.4 Å². The quantitative estimate of drug-likeness (QED) is 0.454. The van der Waals surface area contributed by atoms with Crippen molar-refractivity contribution >= 4 is 28.4 Å². The largest absolute Gasteiger partial charge is 0.442 e. The molecule has 4 aromatic rings. The zero-order chi connectivity index (χ0) is 20.4. The Morgan fingerprint density at radius 2 is 1.55 bits per heavy atom. The Bertz CT molecular complexity index is 1140. The maximum absolute atomic E-state index is 12.8. The minimum Gasteiger partial charge on any atom is -0.442 e. The molecule has 4 rings (SSSR count). The van der Waals surface area contributed by atoms with Crippen molar-refractivity contribution in [3.8, 4) is 11.3 Å². The highest BCUT2D eigenvalue weighted by atomic mass is 16.6. The maximum atomic E-state index is 12.8. The van der Waals surface area contributed by atoms with E-state index in [2.05, 4.69) is 10.4 Å². The van der Waals surface area contributed by atoms with Crippen LogP contribution in [0.4, 0.5) is 16.2 Å². The predicted octanol–water partition coefficient (Wildman–Crippen LogP) is 6.23. The van der Waals surface area contributed by atoms with Crippen molar-refractivity contribution in [3.63, 3.8) is 0 Å². The van der Waals surface area contributed by atoms with Gasteiger partial charge in [-0.05, 0) is 51.1 Å². The highest BCUT2D eigenvalue weighted by Crippen LogP contribution is 2.31. The molecular formula is C24H23N3O2. The van der Waals surface area contributed by atoms with E-state index in [-0.39, 0.29) is 0 Å². The van der Waals surface area contributed by atoms with E-state index in [1.165, 1.54) is 4.68 Å². The molecule has 1 heterocycles. The van der Waals surface area contributed by atoms with Gasteiger partial charge in [0.25, 0.3) is 0 Å². The van der Waals surface area contributed by atoms with Crippen LogP contribution in [0.5, 0.6) is 0 Å². The Hall–Kier alpha value is -3.60. The molecule has 0 aliphatic heterocycles. The summed E-state index contributed by atoms with van der Waals surface area (Å²) in [6.45, 7) is 5.53. The molecule has 0 bridgehead atoms. The molecule has 0 spiro atoms. The van der Waals surface area contributed by atoms with E-state index in [9.17, 15) is 4.79 Å². The number of hydrogen-bond acceptors (Lipinski definition) is 4. The first-order chi connectivity index (χ1) is 13.9. The minimum atomic E-state index is -0.609. The highest BCUT2D eigenvalue weighted by molar-refractivity contribution is 5.99. The molecule has 3 aromatic carbocycles. The predicted molar refractivity (Wildman–Crippen MR) is 117 cm³/mol. The van der Waals surface area contributed by atoms with Gasteiger partial charge in [0.15, 0.2) is 0 Å². The Labute approximate surface area is 169 Å². The van der Waals surface area contributed by atoms with Crippen LogP contribution in [-0.2, 0) is 4.74 Å². The summed E-state index contributed by atoms with van der Waals surface area (Å²) in [5.74, 6) is 0. The fourth-order valence-electron chi connectivity index (χ4n) is 3.13. The lowest BCUT2D eigenvalue weighted by Crippen LogP contribution is -2.27. The molecule has 0 atom stereocenters. The molecule has 1 aromatic heterocycles. The Morgan fingerprint density at radius 3 is 2.21 bits per heavy atom. The van der Waals surface area contributed by atoms with Crippen molar-refractivity contribution < 1.29 is 9.53 Å². The topological polar surface area (TPSA) is 56.2 Å². The van der Waals surface area contributed by atoms with Gasteiger partial charge >= 0.3 is 6.09 Å². The molecular weight excluding hydrogens is 362 g/mol. The Morgan fingerprint density at radius 1 is 0.897 bits per heavy atom. The molecule has 1 N–H and O–H groups in total. The standard InChI is InChI=1S/C24H23N3O2/c1-24(2,3)29-23(28)27-21-16-19(25-18-12-8-5-9-13-18)14-15-20(21)22(26-27)17-10-6-4-7-11-17/h4-16,25H,1-3H3. The van der Waals surface area contributed by atoms with Crippen LogP contribution >= 0.6 is 0 Å². The average molecular weight is 385 g/mol. The van der Waals surface area contributed by atoms with Gasteiger partial charge < -0.3 is 10.1 Å². The van der Waals surface area contributed by atoms with Gasteiger partial charge in [0, 0.05) is 22.3 Å².